The van der Waals surface area contributed by atoms with E-state index < -0.39 is 5.60 Å². The van der Waals surface area contributed by atoms with Gasteiger partial charge in [-0.1, -0.05) is 37.5 Å². The lowest BCUT2D eigenvalue weighted by atomic mass is 9.77. The van der Waals surface area contributed by atoms with Crippen molar-refractivity contribution in [1.82, 2.24) is 0 Å². The van der Waals surface area contributed by atoms with Crippen molar-refractivity contribution in [2.45, 2.75) is 51.6 Å². The molecule has 0 saturated heterocycles. The highest BCUT2D eigenvalue weighted by Crippen LogP contribution is 2.38. The molecule has 15 heavy (non-hydrogen) atoms. The summed E-state index contributed by atoms with van der Waals surface area (Å²) in [7, 11) is 0. The molecule has 1 aliphatic carbocycles. The van der Waals surface area contributed by atoms with Crippen molar-refractivity contribution in [3.05, 3.63) is 34.9 Å². The second kappa shape index (κ2) is 3.97. The summed E-state index contributed by atoms with van der Waals surface area (Å²) in [6.45, 7) is 4.24. The highest BCUT2D eigenvalue weighted by molar-refractivity contribution is 5.37. The standard InChI is InChI=1S/C14H20O/c1-11-7-6-8-13(12(11)2)14(15)9-4-3-5-10-14/h6-8,15H,3-5,9-10H2,1-2H3. The van der Waals surface area contributed by atoms with Gasteiger partial charge in [0.15, 0.2) is 0 Å². The Labute approximate surface area is 92.1 Å². The summed E-state index contributed by atoms with van der Waals surface area (Å²) in [4.78, 5) is 0. The predicted molar refractivity (Wildman–Crippen MR) is 62.9 cm³/mol. The van der Waals surface area contributed by atoms with Gasteiger partial charge in [-0.2, -0.15) is 0 Å². The smallest absolute Gasteiger partial charge is 0.0899 e. The van der Waals surface area contributed by atoms with Gasteiger partial charge in [0.2, 0.25) is 0 Å². The number of aliphatic hydroxyl groups is 1. The molecule has 2 rings (SSSR count). The predicted octanol–water partition coefficient (Wildman–Crippen LogP) is 3.46. The Morgan fingerprint density at radius 2 is 1.73 bits per heavy atom. The van der Waals surface area contributed by atoms with E-state index in [-0.39, 0.29) is 0 Å². The molecule has 0 radical (unpaired) electrons. The zero-order chi connectivity index (χ0) is 10.9. The van der Waals surface area contributed by atoms with Crippen LogP contribution in [0.3, 0.4) is 0 Å². The van der Waals surface area contributed by atoms with Gasteiger partial charge in [-0.05, 0) is 43.4 Å². The van der Waals surface area contributed by atoms with Crippen molar-refractivity contribution in [2.24, 2.45) is 0 Å². The third-order valence-electron chi connectivity index (χ3n) is 3.79. The third-order valence-corrected chi connectivity index (χ3v) is 3.79. The largest absolute Gasteiger partial charge is 0.385 e. The number of hydrogen-bond acceptors (Lipinski definition) is 1. The van der Waals surface area contributed by atoms with Gasteiger partial charge in [0.1, 0.15) is 0 Å². The third kappa shape index (κ3) is 1.93. The molecule has 0 aliphatic heterocycles. The molecule has 1 aromatic rings. The van der Waals surface area contributed by atoms with E-state index >= 15 is 0 Å². The average Bonchev–Trinajstić information content (AvgIpc) is 2.23. The molecule has 0 aromatic heterocycles. The van der Waals surface area contributed by atoms with Crippen molar-refractivity contribution in [1.29, 1.82) is 0 Å². The van der Waals surface area contributed by atoms with Crippen molar-refractivity contribution >= 4 is 0 Å². The number of aryl methyl sites for hydroxylation is 1. The maximum Gasteiger partial charge on any atom is 0.0899 e. The molecule has 1 saturated carbocycles. The minimum Gasteiger partial charge on any atom is -0.385 e. The molecular formula is C14H20O. The van der Waals surface area contributed by atoms with Gasteiger partial charge in [0.25, 0.3) is 0 Å². The second-order valence-corrected chi connectivity index (χ2v) is 4.84. The first-order valence-electron chi connectivity index (χ1n) is 5.92. The normalized spacial score (nSPS) is 20.2. The van der Waals surface area contributed by atoms with Gasteiger partial charge in [0.05, 0.1) is 5.60 Å². The van der Waals surface area contributed by atoms with Crippen LogP contribution in [0.5, 0.6) is 0 Å². The van der Waals surface area contributed by atoms with Crippen LogP contribution in [0.25, 0.3) is 0 Å². The van der Waals surface area contributed by atoms with E-state index in [0.717, 1.165) is 31.2 Å². The molecule has 1 fully saturated rings. The number of rotatable bonds is 1. The molecule has 0 unspecified atom stereocenters. The SMILES string of the molecule is Cc1cccc(C2(O)CCCCC2)c1C. The minimum absolute atomic E-state index is 0.547. The molecule has 1 aromatic carbocycles. The first kappa shape index (κ1) is 10.7. The zero-order valence-corrected chi connectivity index (χ0v) is 9.71. The second-order valence-electron chi connectivity index (χ2n) is 4.84. The van der Waals surface area contributed by atoms with Gasteiger partial charge in [-0.15, -0.1) is 0 Å². The summed E-state index contributed by atoms with van der Waals surface area (Å²) in [5.41, 5.74) is 3.16. The lowest BCUT2D eigenvalue weighted by Gasteiger charge is -2.34. The molecule has 1 aliphatic rings. The monoisotopic (exact) mass is 204 g/mol. The van der Waals surface area contributed by atoms with Crippen LogP contribution in [-0.2, 0) is 5.60 Å². The van der Waals surface area contributed by atoms with Crippen molar-refractivity contribution < 1.29 is 5.11 Å². The van der Waals surface area contributed by atoms with Crippen molar-refractivity contribution in [3.8, 4) is 0 Å². The average molecular weight is 204 g/mol. The van der Waals surface area contributed by atoms with Gasteiger partial charge in [-0.3, -0.25) is 0 Å². The quantitative estimate of drug-likeness (QED) is 0.742. The molecule has 0 atom stereocenters. The van der Waals surface area contributed by atoms with E-state index in [1.165, 1.54) is 17.5 Å². The lowest BCUT2D eigenvalue weighted by molar-refractivity contribution is -0.00123. The Balaban J connectivity index is 2.39. The number of benzene rings is 1. The molecule has 0 amide bonds. The molecule has 1 heteroatoms. The van der Waals surface area contributed by atoms with Crippen molar-refractivity contribution in [3.63, 3.8) is 0 Å². The summed E-state index contributed by atoms with van der Waals surface area (Å²) in [6, 6.07) is 6.27. The van der Waals surface area contributed by atoms with Gasteiger partial charge >= 0.3 is 0 Å². The molecule has 1 nitrogen and oxygen atoms in total. The Morgan fingerprint density at radius 1 is 1.07 bits per heavy atom. The molecule has 0 heterocycles. The minimum atomic E-state index is -0.547. The summed E-state index contributed by atoms with van der Waals surface area (Å²) in [6.07, 6.45) is 5.44. The summed E-state index contributed by atoms with van der Waals surface area (Å²) in [5, 5.41) is 10.6. The summed E-state index contributed by atoms with van der Waals surface area (Å²) in [5.74, 6) is 0. The van der Waals surface area contributed by atoms with E-state index in [1.807, 2.05) is 0 Å². The zero-order valence-electron chi connectivity index (χ0n) is 9.71. The molecule has 0 spiro atoms. The fraction of sp³-hybridized carbons (Fsp3) is 0.571. The summed E-state index contributed by atoms with van der Waals surface area (Å²) < 4.78 is 0. The van der Waals surface area contributed by atoms with E-state index in [1.54, 1.807) is 0 Å². The molecule has 82 valence electrons. The van der Waals surface area contributed by atoms with Crippen LogP contribution in [0.1, 0.15) is 48.8 Å². The van der Waals surface area contributed by atoms with Crippen LogP contribution in [-0.4, -0.2) is 5.11 Å². The van der Waals surface area contributed by atoms with Gasteiger partial charge in [0, 0.05) is 0 Å². The number of hydrogen-bond donors (Lipinski definition) is 1. The highest BCUT2D eigenvalue weighted by Gasteiger charge is 2.32. The maximum atomic E-state index is 10.6. The first-order chi connectivity index (χ1) is 7.13. The van der Waals surface area contributed by atoms with E-state index in [0.29, 0.717) is 0 Å². The Kier molecular flexibility index (Phi) is 2.83. The van der Waals surface area contributed by atoms with E-state index in [4.69, 9.17) is 0 Å². The van der Waals surface area contributed by atoms with Gasteiger partial charge in [-0.25, -0.2) is 0 Å². The fourth-order valence-electron chi connectivity index (χ4n) is 2.66. The van der Waals surface area contributed by atoms with Crippen molar-refractivity contribution in [2.75, 3.05) is 0 Å². The molecular weight excluding hydrogens is 184 g/mol. The molecule has 0 bridgehead atoms. The Morgan fingerprint density at radius 3 is 2.40 bits per heavy atom. The van der Waals surface area contributed by atoms with Crippen LogP contribution in [0, 0.1) is 13.8 Å². The topological polar surface area (TPSA) is 20.2 Å². The van der Waals surface area contributed by atoms with E-state index in [9.17, 15) is 5.11 Å². The van der Waals surface area contributed by atoms with Crippen LogP contribution >= 0.6 is 0 Å². The van der Waals surface area contributed by atoms with E-state index in [2.05, 4.69) is 32.0 Å². The Bertz CT molecular complexity index is 348. The maximum absolute atomic E-state index is 10.6. The van der Waals surface area contributed by atoms with Crippen LogP contribution in [0.4, 0.5) is 0 Å². The Hall–Kier alpha value is -0.820. The first-order valence-corrected chi connectivity index (χ1v) is 5.92. The summed E-state index contributed by atoms with van der Waals surface area (Å²) >= 11 is 0. The fourth-order valence-corrected chi connectivity index (χ4v) is 2.66. The van der Waals surface area contributed by atoms with Crippen LogP contribution in [0.15, 0.2) is 18.2 Å². The van der Waals surface area contributed by atoms with Crippen LogP contribution < -0.4 is 0 Å². The molecule has 1 N–H and O–H groups in total. The van der Waals surface area contributed by atoms with Crippen LogP contribution in [0.2, 0.25) is 0 Å². The van der Waals surface area contributed by atoms with Gasteiger partial charge < -0.3 is 5.11 Å². The highest BCUT2D eigenvalue weighted by atomic mass is 16.3. The lowest BCUT2D eigenvalue weighted by Crippen LogP contribution is -2.29.